The largest absolute Gasteiger partial charge is 0.327 e. The Bertz CT molecular complexity index is 314. The fraction of sp³-hybridized carbons (Fsp3) is 0.700. The molecule has 0 spiro atoms. The molecule has 2 N–H and O–H groups in total. The van der Waals surface area contributed by atoms with Crippen LogP contribution in [0.1, 0.15) is 30.3 Å². The van der Waals surface area contributed by atoms with E-state index in [2.05, 4.69) is 23.6 Å². The highest BCUT2D eigenvalue weighted by atomic mass is 15.3. The molecule has 3 heteroatoms. The summed E-state index contributed by atoms with van der Waals surface area (Å²) in [7, 11) is 0. The van der Waals surface area contributed by atoms with Crippen molar-refractivity contribution in [3.63, 3.8) is 0 Å². The Balaban J connectivity index is 2.40. The Morgan fingerprint density at radius 2 is 2.38 bits per heavy atom. The van der Waals surface area contributed by atoms with Gasteiger partial charge in [-0.15, -0.1) is 0 Å². The molecule has 3 nitrogen and oxygen atoms in total. The van der Waals surface area contributed by atoms with Gasteiger partial charge in [-0.25, -0.2) is 0 Å². The predicted molar refractivity (Wildman–Crippen MR) is 52.6 cm³/mol. The Morgan fingerprint density at radius 1 is 1.62 bits per heavy atom. The highest BCUT2D eigenvalue weighted by molar-refractivity contribution is 5.29. The molecule has 0 bridgehead atoms. The van der Waals surface area contributed by atoms with Gasteiger partial charge in [0.25, 0.3) is 0 Å². The molecule has 72 valence electrons. The van der Waals surface area contributed by atoms with E-state index in [4.69, 9.17) is 5.73 Å². The zero-order valence-corrected chi connectivity index (χ0v) is 8.38. The maximum Gasteiger partial charge on any atom is 0.0660 e. The number of hydrogen-bond acceptors (Lipinski definition) is 2. The summed E-state index contributed by atoms with van der Waals surface area (Å²) in [6.07, 6.45) is 3.17. The minimum absolute atomic E-state index is 0.348. The van der Waals surface area contributed by atoms with E-state index in [1.165, 1.54) is 17.0 Å². The molecule has 2 rings (SSSR count). The highest BCUT2D eigenvalue weighted by Crippen LogP contribution is 2.22. The van der Waals surface area contributed by atoms with Gasteiger partial charge in [0.05, 0.1) is 5.69 Å². The number of nitrogens with zero attached hydrogens (tertiary/aromatic N) is 2. The first-order chi connectivity index (χ1) is 6.22. The van der Waals surface area contributed by atoms with Crippen LogP contribution in [0.25, 0.3) is 0 Å². The van der Waals surface area contributed by atoms with Gasteiger partial charge in [0.15, 0.2) is 0 Å². The lowest BCUT2D eigenvalue weighted by Gasteiger charge is -2.17. The Kier molecular flexibility index (Phi) is 2.12. The number of rotatable bonds is 1. The van der Waals surface area contributed by atoms with Gasteiger partial charge in [0.1, 0.15) is 0 Å². The van der Waals surface area contributed by atoms with E-state index < -0.39 is 0 Å². The molecule has 0 amide bonds. The number of fused-ring (bicyclic) bond motifs is 1. The van der Waals surface area contributed by atoms with Crippen LogP contribution in [0.15, 0.2) is 0 Å². The third-order valence-corrected chi connectivity index (χ3v) is 2.93. The molecule has 0 aliphatic heterocycles. The van der Waals surface area contributed by atoms with E-state index >= 15 is 0 Å². The van der Waals surface area contributed by atoms with Crippen LogP contribution in [0.3, 0.4) is 0 Å². The fourth-order valence-corrected chi connectivity index (χ4v) is 2.11. The van der Waals surface area contributed by atoms with Crippen LogP contribution in [0, 0.1) is 6.92 Å². The average Bonchev–Trinajstić information content (AvgIpc) is 2.44. The van der Waals surface area contributed by atoms with E-state index in [1.54, 1.807) is 0 Å². The second-order valence-corrected chi connectivity index (χ2v) is 3.83. The summed E-state index contributed by atoms with van der Waals surface area (Å²) >= 11 is 0. The smallest absolute Gasteiger partial charge is 0.0660 e. The summed E-state index contributed by atoms with van der Waals surface area (Å²) in [6, 6.07) is 0.348. The number of aryl methyl sites for hydroxylation is 2. The number of hydrogen-bond donors (Lipinski definition) is 1. The fourth-order valence-electron chi connectivity index (χ4n) is 2.11. The highest BCUT2D eigenvalue weighted by Gasteiger charge is 2.21. The van der Waals surface area contributed by atoms with Gasteiger partial charge >= 0.3 is 0 Å². The maximum atomic E-state index is 5.93. The molecule has 1 aromatic heterocycles. The zero-order chi connectivity index (χ0) is 9.42. The Labute approximate surface area is 78.9 Å². The molecule has 0 fully saturated rings. The molecule has 0 aromatic carbocycles. The van der Waals surface area contributed by atoms with Crippen LogP contribution < -0.4 is 5.73 Å². The first-order valence-electron chi connectivity index (χ1n) is 5.03. The van der Waals surface area contributed by atoms with Gasteiger partial charge in [-0.3, -0.25) is 4.68 Å². The van der Waals surface area contributed by atoms with Crippen LogP contribution >= 0.6 is 0 Å². The van der Waals surface area contributed by atoms with Gasteiger partial charge in [-0.2, -0.15) is 5.10 Å². The van der Waals surface area contributed by atoms with E-state index in [0.717, 1.165) is 25.8 Å². The van der Waals surface area contributed by atoms with Crippen LogP contribution in [-0.4, -0.2) is 15.8 Å². The van der Waals surface area contributed by atoms with Crippen molar-refractivity contribution in [3.05, 3.63) is 17.0 Å². The summed E-state index contributed by atoms with van der Waals surface area (Å²) in [5.74, 6) is 0. The predicted octanol–water partition coefficient (Wildman–Crippen LogP) is 1.03. The summed E-state index contributed by atoms with van der Waals surface area (Å²) in [5, 5.41) is 4.56. The number of nitrogens with two attached hydrogens (primary N) is 1. The minimum Gasteiger partial charge on any atom is -0.327 e. The van der Waals surface area contributed by atoms with E-state index in [0.29, 0.717) is 6.04 Å². The molecular weight excluding hydrogens is 162 g/mol. The molecule has 1 heterocycles. The second kappa shape index (κ2) is 3.14. The normalized spacial score (nSPS) is 21.6. The molecule has 1 unspecified atom stereocenters. The Morgan fingerprint density at radius 3 is 3.08 bits per heavy atom. The zero-order valence-electron chi connectivity index (χ0n) is 8.38. The third-order valence-electron chi connectivity index (χ3n) is 2.93. The van der Waals surface area contributed by atoms with Gasteiger partial charge < -0.3 is 5.73 Å². The summed E-state index contributed by atoms with van der Waals surface area (Å²) < 4.78 is 2.09. The lowest BCUT2D eigenvalue weighted by atomic mass is 9.92. The van der Waals surface area contributed by atoms with Crippen molar-refractivity contribution < 1.29 is 0 Å². The van der Waals surface area contributed by atoms with Gasteiger partial charge in [-0.1, -0.05) is 0 Å². The Hall–Kier alpha value is -0.830. The first kappa shape index (κ1) is 8.75. The summed E-state index contributed by atoms with van der Waals surface area (Å²) in [6.45, 7) is 5.24. The van der Waals surface area contributed by atoms with Crippen molar-refractivity contribution in [2.24, 2.45) is 5.73 Å². The number of aromatic nitrogens is 2. The molecule has 13 heavy (non-hydrogen) atoms. The van der Waals surface area contributed by atoms with Gasteiger partial charge in [-0.05, 0) is 38.7 Å². The van der Waals surface area contributed by atoms with E-state index in [-0.39, 0.29) is 0 Å². The minimum atomic E-state index is 0.348. The van der Waals surface area contributed by atoms with Crippen molar-refractivity contribution >= 4 is 0 Å². The van der Waals surface area contributed by atoms with Crippen LogP contribution in [0.4, 0.5) is 0 Å². The van der Waals surface area contributed by atoms with Crippen molar-refractivity contribution in [2.75, 3.05) is 0 Å². The maximum absolute atomic E-state index is 5.93. The summed E-state index contributed by atoms with van der Waals surface area (Å²) in [5.41, 5.74) is 9.93. The lowest BCUT2D eigenvalue weighted by Crippen LogP contribution is -2.27. The molecule has 1 aromatic rings. The molecule has 0 saturated heterocycles. The van der Waals surface area contributed by atoms with Crippen LogP contribution in [0.2, 0.25) is 0 Å². The molecule has 0 radical (unpaired) electrons. The van der Waals surface area contributed by atoms with Crippen LogP contribution in [0.5, 0.6) is 0 Å². The molecule has 1 aliphatic carbocycles. The SMILES string of the molecule is CCn1nc2c(c1C)CC(N)CC2. The van der Waals surface area contributed by atoms with E-state index in [1.807, 2.05) is 0 Å². The van der Waals surface area contributed by atoms with Gasteiger partial charge in [0, 0.05) is 18.3 Å². The topological polar surface area (TPSA) is 43.8 Å². The van der Waals surface area contributed by atoms with Gasteiger partial charge in [0.2, 0.25) is 0 Å². The standard InChI is InChI=1S/C10H17N3/c1-3-13-7(2)9-6-8(11)4-5-10(9)12-13/h8H,3-6,11H2,1-2H3. The average molecular weight is 179 g/mol. The molecule has 0 saturated carbocycles. The monoisotopic (exact) mass is 179 g/mol. The first-order valence-corrected chi connectivity index (χ1v) is 5.03. The summed E-state index contributed by atoms with van der Waals surface area (Å²) in [4.78, 5) is 0. The lowest BCUT2D eigenvalue weighted by molar-refractivity contribution is 0.566. The quantitative estimate of drug-likeness (QED) is 0.699. The third kappa shape index (κ3) is 1.37. The van der Waals surface area contributed by atoms with E-state index in [9.17, 15) is 0 Å². The van der Waals surface area contributed by atoms with Crippen molar-refractivity contribution in [2.45, 2.75) is 45.7 Å². The second-order valence-electron chi connectivity index (χ2n) is 3.83. The molecular formula is C10H17N3. The van der Waals surface area contributed by atoms with Crippen molar-refractivity contribution in [3.8, 4) is 0 Å². The molecule has 1 atom stereocenters. The molecule has 1 aliphatic rings. The van der Waals surface area contributed by atoms with Crippen LogP contribution in [-0.2, 0) is 19.4 Å². The van der Waals surface area contributed by atoms with Crippen molar-refractivity contribution in [1.82, 2.24) is 9.78 Å². The van der Waals surface area contributed by atoms with Crippen molar-refractivity contribution in [1.29, 1.82) is 0 Å².